The van der Waals surface area contributed by atoms with Crippen molar-refractivity contribution in [1.82, 2.24) is 19.5 Å². The molecule has 0 atom stereocenters. The van der Waals surface area contributed by atoms with Gasteiger partial charge in [0.25, 0.3) is 0 Å². The van der Waals surface area contributed by atoms with Crippen molar-refractivity contribution >= 4 is 11.3 Å². The predicted octanol–water partition coefficient (Wildman–Crippen LogP) is 2.17. The molecule has 0 spiro atoms. The van der Waals surface area contributed by atoms with Gasteiger partial charge in [0, 0.05) is 44.0 Å². The largest absolute Gasteiger partial charge is 0.352 e. The molecule has 0 aromatic carbocycles. The number of hydrogen-bond donors (Lipinski definition) is 0. The highest BCUT2D eigenvalue weighted by Gasteiger charge is 2.22. The van der Waals surface area contributed by atoms with Gasteiger partial charge in [-0.05, 0) is 12.6 Å². The van der Waals surface area contributed by atoms with Gasteiger partial charge in [-0.1, -0.05) is 27.7 Å². The first-order chi connectivity index (χ1) is 9.99. The van der Waals surface area contributed by atoms with Gasteiger partial charge in [-0.2, -0.15) is 5.10 Å². The van der Waals surface area contributed by atoms with E-state index in [1.165, 1.54) is 0 Å². The molecule has 0 bridgehead atoms. The molecule has 1 fully saturated rings. The van der Waals surface area contributed by atoms with Crippen molar-refractivity contribution in [1.29, 1.82) is 0 Å². The zero-order valence-corrected chi connectivity index (χ0v) is 13.5. The molecule has 0 N–H and O–H groups in total. The number of anilines is 1. The van der Waals surface area contributed by atoms with Crippen LogP contribution in [-0.4, -0.2) is 52.2 Å². The molecule has 1 aliphatic heterocycles. The minimum Gasteiger partial charge on any atom is -0.352 e. The maximum absolute atomic E-state index is 4.71. The van der Waals surface area contributed by atoms with Crippen LogP contribution in [0.5, 0.6) is 0 Å². The Hall–Kier alpha value is -1.62. The van der Waals surface area contributed by atoms with E-state index in [-0.39, 0.29) is 5.41 Å². The molecule has 0 saturated carbocycles. The summed E-state index contributed by atoms with van der Waals surface area (Å²) in [6.45, 7) is 14.2. The molecule has 2 aromatic rings. The normalized spacial score (nSPS) is 17.6. The van der Waals surface area contributed by atoms with Gasteiger partial charge in [-0.25, -0.2) is 9.50 Å². The van der Waals surface area contributed by atoms with E-state index in [4.69, 9.17) is 5.10 Å². The summed E-state index contributed by atoms with van der Waals surface area (Å²) in [4.78, 5) is 9.49. The molecule has 0 aliphatic carbocycles. The van der Waals surface area contributed by atoms with Gasteiger partial charge in [0.15, 0.2) is 5.82 Å². The minimum absolute atomic E-state index is 0.0597. The summed E-state index contributed by atoms with van der Waals surface area (Å²) in [6.07, 6.45) is 3.80. The molecule has 114 valence electrons. The zero-order valence-electron chi connectivity index (χ0n) is 13.5. The van der Waals surface area contributed by atoms with Crippen LogP contribution < -0.4 is 4.90 Å². The SMILES string of the molecule is CCN1CCN(c2nccn3nc(C(C)(C)C)cc23)CC1. The molecule has 5 heteroatoms. The molecule has 0 unspecified atom stereocenters. The van der Waals surface area contributed by atoms with Crippen LogP contribution in [0.4, 0.5) is 5.82 Å². The van der Waals surface area contributed by atoms with Crippen LogP contribution in [-0.2, 0) is 5.41 Å². The van der Waals surface area contributed by atoms with Crippen LogP contribution in [0, 0.1) is 0 Å². The summed E-state index contributed by atoms with van der Waals surface area (Å²) in [5, 5.41) is 4.71. The van der Waals surface area contributed by atoms with Crippen molar-refractivity contribution < 1.29 is 0 Å². The van der Waals surface area contributed by atoms with E-state index < -0.39 is 0 Å². The predicted molar refractivity (Wildman–Crippen MR) is 86.0 cm³/mol. The first-order valence-electron chi connectivity index (χ1n) is 7.81. The quantitative estimate of drug-likeness (QED) is 0.848. The second-order valence-corrected chi connectivity index (χ2v) is 6.78. The molecule has 3 heterocycles. The minimum atomic E-state index is 0.0597. The van der Waals surface area contributed by atoms with E-state index >= 15 is 0 Å². The Bertz CT molecular complexity index is 617. The third-order valence-electron chi connectivity index (χ3n) is 4.26. The van der Waals surface area contributed by atoms with Crippen LogP contribution in [0.3, 0.4) is 0 Å². The Labute approximate surface area is 126 Å². The van der Waals surface area contributed by atoms with E-state index in [1.807, 2.05) is 16.9 Å². The Morgan fingerprint density at radius 2 is 1.86 bits per heavy atom. The van der Waals surface area contributed by atoms with E-state index in [0.717, 1.165) is 49.8 Å². The summed E-state index contributed by atoms with van der Waals surface area (Å²) in [6, 6.07) is 2.19. The van der Waals surface area contributed by atoms with Crippen molar-refractivity contribution in [2.45, 2.75) is 33.1 Å². The maximum Gasteiger partial charge on any atom is 0.154 e. The highest BCUT2D eigenvalue weighted by atomic mass is 15.3. The van der Waals surface area contributed by atoms with E-state index in [2.05, 4.69) is 48.5 Å². The lowest BCUT2D eigenvalue weighted by atomic mass is 9.92. The number of nitrogens with zero attached hydrogens (tertiary/aromatic N) is 5. The van der Waals surface area contributed by atoms with Gasteiger partial charge in [-0.15, -0.1) is 0 Å². The van der Waals surface area contributed by atoms with Crippen LogP contribution in [0.15, 0.2) is 18.5 Å². The molecular weight excluding hydrogens is 262 g/mol. The van der Waals surface area contributed by atoms with Crippen LogP contribution in [0.25, 0.3) is 5.52 Å². The number of rotatable bonds is 2. The second-order valence-electron chi connectivity index (χ2n) is 6.78. The summed E-state index contributed by atoms with van der Waals surface area (Å²) in [5.74, 6) is 1.07. The first kappa shape index (κ1) is 14.3. The lowest BCUT2D eigenvalue weighted by Gasteiger charge is -2.34. The van der Waals surface area contributed by atoms with Gasteiger partial charge in [0.2, 0.25) is 0 Å². The summed E-state index contributed by atoms with van der Waals surface area (Å²) in [5.41, 5.74) is 2.29. The van der Waals surface area contributed by atoms with Gasteiger partial charge >= 0.3 is 0 Å². The summed E-state index contributed by atoms with van der Waals surface area (Å²) < 4.78 is 1.97. The lowest BCUT2D eigenvalue weighted by molar-refractivity contribution is 0.270. The Morgan fingerprint density at radius 1 is 1.14 bits per heavy atom. The van der Waals surface area contributed by atoms with Crippen molar-refractivity contribution in [2.24, 2.45) is 0 Å². The van der Waals surface area contributed by atoms with Gasteiger partial charge in [0.1, 0.15) is 5.52 Å². The third kappa shape index (κ3) is 2.75. The van der Waals surface area contributed by atoms with Gasteiger partial charge in [0.05, 0.1) is 5.69 Å². The van der Waals surface area contributed by atoms with E-state index in [0.29, 0.717) is 0 Å². The lowest BCUT2D eigenvalue weighted by Crippen LogP contribution is -2.46. The number of likely N-dealkylation sites (N-methyl/N-ethyl adjacent to an activating group) is 1. The molecule has 3 rings (SSSR count). The average Bonchev–Trinajstić information content (AvgIpc) is 2.91. The topological polar surface area (TPSA) is 36.7 Å². The first-order valence-corrected chi connectivity index (χ1v) is 7.81. The van der Waals surface area contributed by atoms with Crippen molar-refractivity contribution in [3.8, 4) is 0 Å². The van der Waals surface area contributed by atoms with E-state index in [9.17, 15) is 0 Å². The van der Waals surface area contributed by atoms with Crippen molar-refractivity contribution in [3.05, 3.63) is 24.2 Å². The number of piperazine rings is 1. The maximum atomic E-state index is 4.71. The fraction of sp³-hybridized carbons (Fsp3) is 0.625. The van der Waals surface area contributed by atoms with Gasteiger partial charge in [-0.3, -0.25) is 0 Å². The average molecular weight is 287 g/mol. The summed E-state index contributed by atoms with van der Waals surface area (Å²) in [7, 11) is 0. The molecule has 1 saturated heterocycles. The van der Waals surface area contributed by atoms with Crippen LogP contribution in [0.2, 0.25) is 0 Å². The number of hydrogen-bond acceptors (Lipinski definition) is 4. The monoisotopic (exact) mass is 287 g/mol. The van der Waals surface area contributed by atoms with Crippen LogP contribution >= 0.6 is 0 Å². The molecule has 1 aliphatic rings. The Morgan fingerprint density at radius 3 is 2.48 bits per heavy atom. The fourth-order valence-corrected chi connectivity index (χ4v) is 2.79. The van der Waals surface area contributed by atoms with Gasteiger partial charge < -0.3 is 9.80 Å². The summed E-state index contributed by atoms with van der Waals surface area (Å²) >= 11 is 0. The molecule has 21 heavy (non-hydrogen) atoms. The Balaban J connectivity index is 1.94. The standard InChI is InChI=1S/C16H25N5/c1-5-19-8-10-20(11-9-19)15-13-12-14(16(2,3)4)18-21(13)7-6-17-15/h6-7,12H,5,8-11H2,1-4H3. The zero-order chi connectivity index (χ0) is 15.0. The molecular formula is C16H25N5. The second kappa shape index (κ2) is 5.30. The van der Waals surface area contributed by atoms with E-state index in [1.54, 1.807) is 0 Å². The fourth-order valence-electron chi connectivity index (χ4n) is 2.79. The number of aromatic nitrogens is 3. The number of fused-ring (bicyclic) bond motifs is 1. The molecule has 0 amide bonds. The van der Waals surface area contributed by atoms with Crippen molar-refractivity contribution in [3.63, 3.8) is 0 Å². The highest BCUT2D eigenvalue weighted by molar-refractivity contribution is 5.69. The van der Waals surface area contributed by atoms with Crippen LogP contribution in [0.1, 0.15) is 33.4 Å². The highest BCUT2D eigenvalue weighted by Crippen LogP contribution is 2.26. The molecule has 0 radical (unpaired) electrons. The van der Waals surface area contributed by atoms with Crippen molar-refractivity contribution in [2.75, 3.05) is 37.6 Å². The molecule has 2 aromatic heterocycles. The Kier molecular flexibility index (Phi) is 3.61. The molecule has 5 nitrogen and oxygen atoms in total. The third-order valence-corrected chi connectivity index (χ3v) is 4.26. The smallest absolute Gasteiger partial charge is 0.154 e.